The minimum atomic E-state index is -0.167. The van der Waals surface area contributed by atoms with E-state index in [1.165, 1.54) is 6.07 Å². The third-order valence-corrected chi connectivity index (χ3v) is 3.76. The van der Waals surface area contributed by atoms with Crippen LogP contribution in [0, 0.1) is 5.82 Å². The highest BCUT2D eigenvalue weighted by Gasteiger charge is 2.26. The zero-order chi connectivity index (χ0) is 12.4. The fraction of sp³-hybridized carbons (Fsp3) is 0.538. The molecule has 3 unspecified atom stereocenters. The summed E-state index contributed by atoms with van der Waals surface area (Å²) in [6.07, 6.45) is 1.19. The van der Waals surface area contributed by atoms with Crippen LogP contribution in [0.3, 0.4) is 0 Å². The van der Waals surface area contributed by atoms with E-state index in [1.54, 1.807) is 6.07 Å². The molecule has 0 bridgehead atoms. The molecule has 0 spiro atoms. The molecule has 1 aromatic carbocycles. The van der Waals surface area contributed by atoms with E-state index in [0.717, 1.165) is 17.5 Å². The summed E-state index contributed by atoms with van der Waals surface area (Å²) in [6.45, 7) is 4.82. The van der Waals surface area contributed by atoms with Crippen LogP contribution < -0.4 is 5.32 Å². The van der Waals surface area contributed by atoms with Gasteiger partial charge in [0.05, 0.1) is 6.10 Å². The molecule has 4 heteroatoms. The summed E-state index contributed by atoms with van der Waals surface area (Å²) in [6, 6.07) is 5.33. The Morgan fingerprint density at radius 2 is 2.29 bits per heavy atom. The van der Waals surface area contributed by atoms with Crippen LogP contribution in [0.2, 0.25) is 0 Å². The predicted molar refractivity (Wildman–Crippen MR) is 69.5 cm³/mol. The molecule has 1 aliphatic rings. The molecule has 0 radical (unpaired) electrons. The van der Waals surface area contributed by atoms with Crippen molar-refractivity contribution in [1.82, 2.24) is 5.32 Å². The van der Waals surface area contributed by atoms with Crippen LogP contribution in [0.25, 0.3) is 0 Å². The van der Waals surface area contributed by atoms with Gasteiger partial charge in [0.1, 0.15) is 5.82 Å². The molecule has 3 atom stereocenters. The van der Waals surface area contributed by atoms with E-state index in [2.05, 4.69) is 28.2 Å². The highest BCUT2D eigenvalue weighted by Crippen LogP contribution is 2.24. The lowest BCUT2D eigenvalue weighted by atomic mass is 10.0. The van der Waals surface area contributed by atoms with Crippen molar-refractivity contribution in [3.63, 3.8) is 0 Å². The molecule has 1 fully saturated rings. The van der Waals surface area contributed by atoms with Gasteiger partial charge in [-0.3, -0.25) is 0 Å². The van der Waals surface area contributed by atoms with Crippen LogP contribution in [0.15, 0.2) is 22.7 Å². The molecule has 1 N–H and O–H groups in total. The molecule has 2 rings (SSSR count). The van der Waals surface area contributed by atoms with Gasteiger partial charge in [0.25, 0.3) is 0 Å². The largest absolute Gasteiger partial charge is 0.377 e. The second kappa shape index (κ2) is 5.46. The predicted octanol–water partition coefficient (Wildman–Crippen LogP) is 3.42. The lowest BCUT2D eigenvalue weighted by Crippen LogP contribution is -2.36. The van der Waals surface area contributed by atoms with Crippen molar-refractivity contribution in [3.05, 3.63) is 34.1 Å². The second-order valence-corrected chi connectivity index (χ2v) is 5.44. The number of benzene rings is 1. The van der Waals surface area contributed by atoms with Gasteiger partial charge in [0.2, 0.25) is 0 Å². The monoisotopic (exact) mass is 301 g/mol. The number of ether oxygens (including phenoxy) is 1. The zero-order valence-corrected chi connectivity index (χ0v) is 11.6. The third-order valence-electron chi connectivity index (χ3n) is 3.26. The second-order valence-electron chi connectivity index (χ2n) is 4.53. The van der Waals surface area contributed by atoms with Crippen LogP contribution in [-0.2, 0) is 4.74 Å². The van der Waals surface area contributed by atoms with Crippen LogP contribution in [0.5, 0.6) is 0 Å². The minimum Gasteiger partial charge on any atom is -0.377 e. The molecule has 1 saturated heterocycles. The van der Waals surface area contributed by atoms with Gasteiger partial charge < -0.3 is 10.1 Å². The molecule has 0 aliphatic carbocycles. The van der Waals surface area contributed by atoms with Crippen molar-refractivity contribution in [1.29, 1.82) is 0 Å². The van der Waals surface area contributed by atoms with Gasteiger partial charge in [0.15, 0.2) is 0 Å². The van der Waals surface area contributed by atoms with E-state index >= 15 is 0 Å². The average molecular weight is 302 g/mol. The smallest absolute Gasteiger partial charge is 0.128 e. The van der Waals surface area contributed by atoms with Gasteiger partial charge in [-0.15, -0.1) is 0 Å². The van der Waals surface area contributed by atoms with Crippen molar-refractivity contribution >= 4 is 15.9 Å². The van der Waals surface area contributed by atoms with Crippen molar-refractivity contribution in [2.45, 2.75) is 38.5 Å². The Labute approximate surface area is 110 Å². The normalized spacial score (nSPS) is 26.1. The number of hydrogen-bond acceptors (Lipinski definition) is 2. The fourth-order valence-corrected chi connectivity index (χ4v) is 2.59. The first-order chi connectivity index (χ1) is 8.08. The summed E-state index contributed by atoms with van der Waals surface area (Å²) in [7, 11) is 0. The van der Waals surface area contributed by atoms with Crippen molar-refractivity contribution in [3.8, 4) is 0 Å². The van der Waals surface area contributed by atoms with Gasteiger partial charge in [0, 0.05) is 28.7 Å². The SMILES string of the molecule is CC(NC1CCOC1C)c1cc(Br)ccc1F. The first-order valence-electron chi connectivity index (χ1n) is 5.90. The van der Waals surface area contributed by atoms with E-state index < -0.39 is 0 Å². The lowest BCUT2D eigenvalue weighted by molar-refractivity contribution is 0.111. The van der Waals surface area contributed by atoms with Gasteiger partial charge in [-0.1, -0.05) is 15.9 Å². The maximum absolute atomic E-state index is 13.7. The van der Waals surface area contributed by atoms with Gasteiger partial charge in [-0.05, 0) is 38.5 Å². The van der Waals surface area contributed by atoms with E-state index in [-0.39, 0.29) is 18.0 Å². The van der Waals surface area contributed by atoms with Gasteiger partial charge in [-0.25, -0.2) is 4.39 Å². The average Bonchev–Trinajstić information content (AvgIpc) is 2.68. The molecule has 17 heavy (non-hydrogen) atoms. The fourth-order valence-electron chi connectivity index (χ4n) is 2.21. The van der Waals surface area contributed by atoms with Crippen molar-refractivity contribution in [2.75, 3.05) is 6.61 Å². The molecule has 94 valence electrons. The summed E-state index contributed by atoms with van der Waals surface area (Å²) in [5.41, 5.74) is 0.693. The van der Waals surface area contributed by atoms with Crippen LogP contribution >= 0.6 is 15.9 Å². The number of rotatable bonds is 3. The summed E-state index contributed by atoms with van der Waals surface area (Å²) in [5.74, 6) is -0.167. The van der Waals surface area contributed by atoms with E-state index in [0.29, 0.717) is 11.6 Å². The third kappa shape index (κ3) is 3.06. The highest BCUT2D eigenvalue weighted by molar-refractivity contribution is 9.10. The van der Waals surface area contributed by atoms with Crippen molar-refractivity contribution in [2.24, 2.45) is 0 Å². The Balaban J connectivity index is 2.08. The summed E-state index contributed by atoms with van der Waals surface area (Å²) >= 11 is 3.37. The Kier molecular flexibility index (Phi) is 4.17. The van der Waals surface area contributed by atoms with E-state index in [4.69, 9.17) is 4.74 Å². The van der Waals surface area contributed by atoms with Crippen LogP contribution in [-0.4, -0.2) is 18.8 Å². The molecule has 0 saturated carbocycles. The van der Waals surface area contributed by atoms with Crippen LogP contribution in [0.4, 0.5) is 4.39 Å². The molecule has 2 nitrogen and oxygen atoms in total. The molecular weight excluding hydrogens is 285 g/mol. The molecule has 0 aromatic heterocycles. The summed E-state index contributed by atoms with van der Waals surface area (Å²) < 4.78 is 20.1. The highest BCUT2D eigenvalue weighted by atomic mass is 79.9. The zero-order valence-electron chi connectivity index (χ0n) is 10.0. The molecule has 1 aliphatic heterocycles. The molecular formula is C13H17BrFNO. The molecule has 1 heterocycles. The first kappa shape index (κ1) is 13.0. The maximum atomic E-state index is 13.7. The standard InChI is InChI=1S/C13H17BrFNO/c1-8(16-13-5-6-17-9(13)2)11-7-10(14)3-4-12(11)15/h3-4,7-9,13,16H,5-6H2,1-2H3. The van der Waals surface area contributed by atoms with Crippen molar-refractivity contribution < 1.29 is 9.13 Å². The van der Waals surface area contributed by atoms with Gasteiger partial charge >= 0.3 is 0 Å². The van der Waals surface area contributed by atoms with E-state index in [1.807, 2.05) is 13.0 Å². The Bertz CT molecular complexity index is 399. The molecule has 1 aromatic rings. The Morgan fingerprint density at radius 3 is 2.94 bits per heavy atom. The quantitative estimate of drug-likeness (QED) is 0.924. The lowest BCUT2D eigenvalue weighted by Gasteiger charge is -2.22. The summed E-state index contributed by atoms with van der Waals surface area (Å²) in [5, 5.41) is 3.43. The van der Waals surface area contributed by atoms with E-state index in [9.17, 15) is 4.39 Å². The van der Waals surface area contributed by atoms with Crippen LogP contribution in [0.1, 0.15) is 31.9 Å². The topological polar surface area (TPSA) is 21.3 Å². The van der Waals surface area contributed by atoms with Gasteiger partial charge in [-0.2, -0.15) is 0 Å². The number of nitrogens with one attached hydrogen (secondary N) is 1. The Hall–Kier alpha value is -0.450. The summed E-state index contributed by atoms with van der Waals surface area (Å²) in [4.78, 5) is 0. The first-order valence-corrected chi connectivity index (χ1v) is 6.70. The minimum absolute atomic E-state index is 0.0124. The number of hydrogen-bond donors (Lipinski definition) is 1. The molecule has 0 amide bonds. The maximum Gasteiger partial charge on any atom is 0.128 e. The number of halogens is 2. The Morgan fingerprint density at radius 1 is 1.53 bits per heavy atom.